The van der Waals surface area contributed by atoms with Crippen molar-refractivity contribution in [1.29, 1.82) is 0 Å². The number of rotatable bonds is 5. The molecule has 0 amide bonds. The molecule has 7 heteroatoms. The van der Waals surface area contributed by atoms with Crippen molar-refractivity contribution in [3.63, 3.8) is 0 Å². The predicted octanol–water partition coefficient (Wildman–Crippen LogP) is 1.02. The summed E-state index contributed by atoms with van der Waals surface area (Å²) in [5.41, 5.74) is 5.91. The topological polar surface area (TPSA) is 74.9 Å². The summed E-state index contributed by atoms with van der Waals surface area (Å²) in [6.45, 7) is 8.79. The van der Waals surface area contributed by atoms with Gasteiger partial charge < -0.3 is 20.5 Å². The van der Waals surface area contributed by atoms with Gasteiger partial charge in [-0.25, -0.2) is 0 Å². The van der Waals surface area contributed by atoms with E-state index < -0.39 is 0 Å². The highest BCUT2D eigenvalue weighted by molar-refractivity contribution is 7.11. The highest BCUT2D eigenvalue weighted by Gasteiger charge is 2.22. The van der Waals surface area contributed by atoms with E-state index in [0.29, 0.717) is 5.82 Å². The molecule has 1 saturated heterocycles. The number of aliphatic hydroxyl groups is 1. The van der Waals surface area contributed by atoms with Crippen molar-refractivity contribution in [3.05, 3.63) is 0 Å². The van der Waals surface area contributed by atoms with E-state index in [9.17, 15) is 0 Å². The van der Waals surface area contributed by atoms with E-state index in [1.54, 1.807) is 0 Å². The summed E-state index contributed by atoms with van der Waals surface area (Å²) >= 11 is 1.41. The lowest BCUT2D eigenvalue weighted by atomic mass is 10.3. The molecule has 0 saturated carbocycles. The van der Waals surface area contributed by atoms with Crippen molar-refractivity contribution in [3.8, 4) is 5.75 Å². The zero-order valence-electron chi connectivity index (χ0n) is 12.2. The number of ether oxygens (including phenoxy) is 1. The first-order chi connectivity index (χ1) is 9.61. The number of nitrogens with zero attached hydrogens (tertiary/aromatic N) is 3. The molecule has 6 nitrogen and oxygen atoms in total. The molecule has 1 aliphatic heterocycles. The zero-order valence-corrected chi connectivity index (χ0v) is 13.0. The molecular formula is C13H24N4O2S. The van der Waals surface area contributed by atoms with Crippen molar-refractivity contribution in [2.75, 3.05) is 50.0 Å². The molecule has 0 bridgehead atoms. The molecule has 20 heavy (non-hydrogen) atoms. The van der Waals surface area contributed by atoms with Gasteiger partial charge in [-0.2, -0.15) is 4.37 Å². The Bertz CT molecular complexity index is 425. The molecule has 0 atom stereocenters. The first kappa shape index (κ1) is 15.3. The Kier molecular flexibility index (Phi) is 5.45. The van der Waals surface area contributed by atoms with Gasteiger partial charge in [-0.05, 0) is 38.3 Å². The van der Waals surface area contributed by atoms with Crippen LogP contribution in [0.15, 0.2) is 0 Å². The number of nitrogen functional groups attached to an aromatic ring is 1. The Balaban J connectivity index is 2.07. The number of anilines is 2. The molecule has 0 aromatic carbocycles. The average molecular weight is 300 g/mol. The van der Waals surface area contributed by atoms with E-state index in [-0.39, 0.29) is 12.7 Å². The number of hydrogen-bond acceptors (Lipinski definition) is 7. The second-order valence-electron chi connectivity index (χ2n) is 5.27. The average Bonchev–Trinajstić information content (AvgIpc) is 2.63. The van der Waals surface area contributed by atoms with Crippen LogP contribution in [0.25, 0.3) is 0 Å². The van der Waals surface area contributed by atoms with E-state index in [4.69, 9.17) is 15.6 Å². The van der Waals surface area contributed by atoms with Crippen molar-refractivity contribution in [1.82, 2.24) is 9.27 Å². The van der Waals surface area contributed by atoms with Gasteiger partial charge in [-0.1, -0.05) is 0 Å². The fraction of sp³-hybridized carbons (Fsp3) is 0.769. The smallest absolute Gasteiger partial charge is 0.198 e. The molecule has 0 spiro atoms. The van der Waals surface area contributed by atoms with E-state index in [1.165, 1.54) is 11.5 Å². The van der Waals surface area contributed by atoms with Gasteiger partial charge in [-0.3, -0.25) is 4.90 Å². The van der Waals surface area contributed by atoms with Crippen molar-refractivity contribution in [2.24, 2.45) is 0 Å². The van der Waals surface area contributed by atoms with Crippen LogP contribution in [-0.2, 0) is 0 Å². The highest BCUT2D eigenvalue weighted by atomic mass is 32.1. The lowest BCUT2D eigenvalue weighted by molar-refractivity contribution is 0.204. The Hall–Kier alpha value is -1.05. The lowest BCUT2D eigenvalue weighted by Crippen LogP contribution is -2.32. The summed E-state index contributed by atoms with van der Waals surface area (Å²) < 4.78 is 10.0. The summed E-state index contributed by atoms with van der Waals surface area (Å²) in [5, 5.41) is 10.1. The molecule has 1 fully saturated rings. The molecule has 1 aliphatic rings. The zero-order chi connectivity index (χ0) is 14.5. The third kappa shape index (κ3) is 3.74. The van der Waals surface area contributed by atoms with Gasteiger partial charge in [0.2, 0.25) is 0 Å². The number of aliphatic hydroxyl groups excluding tert-OH is 1. The van der Waals surface area contributed by atoms with Crippen LogP contribution in [0.5, 0.6) is 5.75 Å². The molecule has 0 unspecified atom stereocenters. The minimum absolute atomic E-state index is 0.0883. The number of β-amino-alcohol motifs (C(OH)–C–C–N with tert-alkyl or cyclic N) is 1. The molecule has 3 N–H and O–H groups in total. The first-order valence-electron chi connectivity index (χ1n) is 7.11. The van der Waals surface area contributed by atoms with Gasteiger partial charge >= 0.3 is 0 Å². The standard InChI is InChI=1S/C13H24N4O2S/c1-10(2)19-11-12(14)15-20-13(11)17-5-3-4-16(6-7-17)8-9-18/h10,18H,3-9H2,1-2H3,(H2,14,15). The van der Waals surface area contributed by atoms with Gasteiger partial charge in [0.1, 0.15) is 0 Å². The van der Waals surface area contributed by atoms with Crippen LogP contribution in [-0.4, -0.2) is 59.8 Å². The first-order valence-corrected chi connectivity index (χ1v) is 7.89. The summed E-state index contributed by atoms with van der Waals surface area (Å²) in [7, 11) is 0. The molecule has 0 radical (unpaired) electrons. The molecule has 2 rings (SSSR count). The van der Waals surface area contributed by atoms with Crippen molar-refractivity contribution in [2.45, 2.75) is 26.4 Å². The van der Waals surface area contributed by atoms with Crippen LogP contribution in [0.4, 0.5) is 10.8 Å². The molecule has 1 aromatic rings. The number of hydrogen-bond donors (Lipinski definition) is 2. The number of aromatic nitrogens is 1. The van der Waals surface area contributed by atoms with Gasteiger partial charge in [0, 0.05) is 26.2 Å². The monoisotopic (exact) mass is 300 g/mol. The van der Waals surface area contributed by atoms with Crippen LogP contribution >= 0.6 is 11.5 Å². The minimum atomic E-state index is 0.0883. The van der Waals surface area contributed by atoms with E-state index >= 15 is 0 Å². The van der Waals surface area contributed by atoms with E-state index in [2.05, 4.69) is 14.2 Å². The Labute approximate surface area is 124 Å². The van der Waals surface area contributed by atoms with Crippen molar-refractivity contribution >= 4 is 22.4 Å². The van der Waals surface area contributed by atoms with Crippen LogP contribution in [0, 0.1) is 0 Å². The molecule has 0 aliphatic carbocycles. The van der Waals surface area contributed by atoms with Crippen LogP contribution < -0.4 is 15.4 Å². The maximum atomic E-state index is 9.04. The largest absolute Gasteiger partial charge is 0.484 e. The second-order valence-corrected chi connectivity index (χ2v) is 6.03. The van der Waals surface area contributed by atoms with Crippen LogP contribution in [0.1, 0.15) is 20.3 Å². The summed E-state index contributed by atoms with van der Waals surface area (Å²) in [6, 6.07) is 0. The lowest BCUT2D eigenvalue weighted by Gasteiger charge is -2.23. The highest BCUT2D eigenvalue weighted by Crippen LogP contribution is 2.39. The van der Waals surface area contributed by atoms with Gasteiger partial charge in [0.05, 0.1) is 12.7 Å². The van der Waals surface area contributed by atoms with Gasteiger partial charge in [0.25, 0.3) is 0 Å². The number of nitrogens with two attached hydrogens (primary N) is 1. The Morgan fingerprint density at radius 1 is 1.35 bits per heavy atom. The predicted molar refractivity (Wildman–Crippen MR) is 82.6 cm³/mol. The SMILES string of the molecule is CC(C)Oc1c(N)nsc1N1CCCN(CCO)CC1. The Morgan fingerprint density at radius 3 is 2.85 bits per heavy atom. The maximum absolute atomic E-state index is 9.04. The van der Waals surface area contributed by atoms with E-state index in [1.807, 2.05) is 13.8 Å². The van der Waals surface area contributed by atoms with Crippen molar-refractivity contribution < 1.29 is 9.84 Å². The normalized spacial score (nSPS) is 17.5. The van der Waals surface area contributed by atoms with Crippen LogP contribution in [0.3, 0.4) is 0 Å². The van der Waals surface area contributed by atoms with Gasteiger partial charge in [0.15, 0.2) is 16.6 Å². The van der Waals surface area contributed by atoms with Crippen LogP contribution in [0.2, 0.25) is 0 Å². The molecule has 114 valence electrons. The molecule has 2 heterocycles. The van der Waals surface area contributed by atoms with E-state index in [0.717, 1.165) is 49.9 Å². The van der Waals surface area contributed by atoms with Gasteiger partial charge in [-0.15, -0.1) is 0 Å². The second kappa shape index (κ2) is 7.10. The quantitative estimate of drug-likeness (QED) is 0.845. The fourth-order valence-electron chi connectivity index (χ4n) is 2.37. The fourth-order valence-corrected chi connectivity index (χ4v) is 3.17. The summed E-state index contributed by atoms with van der Waals surface area (Å²) in [4.78, 5) is 4.58. The molecular weight excluding hydrogens is 276 g/mol. The Morgan fingerprint density at radius 2 is 2.15 bits per heavy atom. The summed E-state index contributed by atoms with van der Waals surface area (Å²) in [5.74, 6) is 1.20. The third-order valence-electron chi connectivity index (χ3n) is 3.30. The minimum Gasteiger partial charge on any atom is -0.484 e. The maximum Gasteiger partial charge on any atom is 0.198 e. The third-order valence-corrected chi connectivity index (χ3v) is 4.21. The summed E-state index contributed by atoms with van der Waals surface area (Å²) in [6.07, 6.45) is 1.16. The molecule has 1 aromatic heterocycles.